The lowest BCUT2D eigenvalue weighted by Gasteiger charge is -2.00. The van der Waals surface area contributed by atoms with Crippen molar-refractivity contribution in [1.29, 1.82) is 5.26 Å². The molecule has 0 N–H and O–H groups in total. The van der Waals surface area contributed by atoms with E-state index < -0.39 is 0 Å². The Morgan fingerprint density at radius 2 is 2.20 bits per heavy atom. The lowest BCUT2D eigenvalue weighted by molar-refractivity contribution is 0.710. The predicted molar refractivity (Wildman–Crippen MR) is 58.0 cm³/mol. The average molecular weight is 197 g/mol. The van der Waals surface area contributed by atoms with E-state index in [-0.39, 0.29) is 0 Å². The first-order valence-electron chi connectivity index (χ1n) is 4.76. The number of hydrogen-bond donors (Lipinski definition) is 0. The van der Waals surface area contributed by atoms with Gasteiger partial charge in [0.05, 0.1) is 12.3 Å². The summed E-state index contributed by atoms with van der Waals surface area (Å²) in [5.74, 6) is 0. The number of rotatable bonds is 2. The molecule has 0 spiro atoms. The second-order valence-electron chi connectivity index (χ2n) is 3.40. The van der Waals surface area contributed by atoms with E-state index >= 15 is 0 Å². The Hall–Kier alpha value is -2.08. The molecular formula is C12H11N3. The molecule has 74 valence electrons. The Labute approximate surface area is 88.6 Å². The van der Waals surface area contributed by atoms with Crippen LogP contribution in [0, 0.1) is 18.3 Å². The van der Waals surface area contributed by atoms with Gasteiger partial charge < -0.3 is 0 Å². The number of benzene rings is 1. The van der Waals surface area contributed by atoms with Crippen LogP contribution in [0.5, 0.6) is 0 Å². The van der Waals surface area contributed by atoms with Crippen LogP contribution in [0.3, 0.4) is 0 Å². The molecule has 0 unspecified atom stereocenters. The molecule has 0 radical (unpaired) electrons. The van der Waals surface area contributed by atoms with E-state index in [0.717, 1.165) is 5.56 Å². The average Bonchev–Trinajstić information content (AvgIpc) is 2.68. The number of aryl methyl sites for hydroxylation is 1. The Kier molecular flexibility index (Phi) is 2.51. The summed E-state index contributed by atoms with van der Waals surface area (Å²) < 4.78 is 1.64. The monoisotopic (exact) mass is 197 g/mol. The van der Waals surface area contributed by atoms with Crippen molar-refractivity contribution in [3.05, 3.63) is 42.2 Å². The van der Waals surface area contributed by atoms with Crippen molar-refractivity contribution >= 4 is 0 Å². The van der Waals surface area contributed by atoms with Gasteiger partial charge in [0.1, 0.15) is 6.54 Å². The molecule has 0 saturated heterocycles. The Morgan fingerprint density at radius 1 is 1.40 bits per heavy atom. The maximum Gasteiger partial charge on any atom is 0.128 e. The van der Waals surface area contributed by atoms with Crippen molar-refractivity contribution in [3.63, 3.8) is 0 Å². The Bertz CT molecular complexity index is 506. The fourth-order valence-electron chi connectivity index (χ4n) is 1.56. The quantitative estimate of drug-likeness (QED) is 0.741. The fourth-order valence-corrected chi connectivity index (χ4v) is 1.56. The molecule has 0 atom stereocenters. The summed E-state index contributed by atoms with van der Waals surface area (Å²) in [6.45, 7) is 2.36. The molecule has 2 rings (SSSR count). The van der Waals surface area contributed by atoms with E-state index in [1.807, 2.05) is 18.3 Å². The third kappa shape index (κ3) is 1.89. The fraction of sp³-hybridized carbons (Fsp3) is 0.167. The molecule has 0 aliphatic carbocycles. The van der Waals surface area contributed by atoms with Crippen LogP contribution in [0.1, 0.15) is 5.56 Å². The van der Waals surface area contributed by atoms with Gasteiger partial charge in [-0.1, -0.05) is 24.3 Å². The van der Waals surface area contributed by atoms with Crippen molar-refractivity contribution in [3.8, 4) is 17.2 Å². The normalized spacial score (nSPS) is 9.87. The summed E-state index contributed by atoms with van der Waals surface area (Å²) in [5.41, 5.74) is 3.44. The first-order chi connectivity index (χ1) is 7.31. The molecule has 0 amide bonds. The van der Waals surface area contributed by atoms with Crippen molar-refractivity contribution in [2.24, 2.45) is 0 Å². The van der Waals surface area contributed by atoms with Gasteiger partial charge in [-0.05, 0) is 18.1 Å². The smallest absolute Gasteiger partial charge is 0.128 e. The second-order valence-corrected chi connectivity index (χ2v) is 3.40. The zero-order chi connectivity index (χ0) is 10.7. The van der Waals surface area contributed by atoms with Crippen LogP contribution in [-0.2, 0) is 6.54 Å². The molecule has 1 aromatic carbocycles. The van der Waals surface area contributed by atoms with Gasteiger partial charge in [0.15, 0.2) is 0 Å². The molecule has 0 aliphatic heterocycles. The van der Waals surface area contributed by atoms with Crippen LogP contribution in [0.4, 0.5) is 0 Å². The number of aromatic nitrogens is 2. The van der Waals surface area contributed by atoms with Gasteiger partial charge in [0, 0.05) is 11.8 Å². The van der Waals surface area contributed by atoms with Gasteiger partial charge in [-0.25, -0.2) is 0 Å². The van der Waals surface area contributed by atoms with Crippen molar-refractivity contribution in [2.75, 3.05) is 0 Å². The van der Waals surface area contributed by atoms with E-state index in [9.17, 15) is 0 Å². The predicted octanol–water partition coefficient (Wildman–Crippen LogP) is 2.38. The van der Waals surface area contributed by atoms with Crippen LogP contribution in [0.2, 0.25) is 0 Å². The van der Waals surface area contributed by atoms with Crippen molar-refractivity contribution in [2.45, 2.75) is 13.5 Å². The van der Waals surface area contributed by atoms with Crippen molar-refractivity contribution < 1.29 is 0 Å². The third-order valence-corrected chi connectivity index (χ3v) is 2.32. The van der Waals surface area contributed by atoms with Crippen LogP contribution < -0.4 is 0 Å². The lowest BCUT2D eigenvalue weighted by Crippen LogP contribution is -1.94. The minimum atomic E-state index is 0.298. The molecule has 3 heteroatoms. The molecule has 0 bridgehead atoms. The van der Waals surface area contributed by atoms with Crippen LogP contribution in [0.25, 0.3) is 11.1 Å². The van der Waals surface area contributed by atoms with Gasteiger partial charge >= 0.3 is 0 Å². The Balaban J connectivity index is 2.38. The van der Waals surface area contributed by atoms with E-state index in [1.165, 1.54) is 11.1 Å². The largest absolute Gasteiger partial charge is 0.258 e. The number of nitriles is 1. The number of hydrogen-bond acceptors (Lipinski definition) is 2. The summed E-state index contributed by atoms with van der Waals surface area (Å²) >= 11 is 0. The van der Waals surface area contributed by atoms with E-state index in [4.69, 9.17) is 5.26 Å². The van der Waals surface area contributed by atoms with Gasteiger partial charge in [-0.2, -0.15) is 10.4 Å². The summed E-state index contributed by atoms with van der Waals surface area (Å²) in [5, 5.41) is 12.7. The van der Waals surface area contributed by atoms with Crippen LogP contribution >= 0.6 is 0 Å². The first kappa shape index (κ1) is 9.47. The topological polar surface area (TPSA) is 41.6 Å². The SMILES string of the molecule is Cc1ccccc1-c1cnn(CC#N)c1. The minimum absolute atomic E-state index is 0.298. The summed E-state index contributed by atoms with van der Waals surface area (Å²) in [7, 11) is 0. The summed E-state index contributed by atoms with van der Waals surface area (Å²) in [4.78, 5) is 0. The summed E-state index contributed by atoms with van der Waals surface area (Å²) in [6, 6.07) is 10.2. The zero-order valence-electron chi connectivity index (χ0n) is 8.51. The lowest BCUT2D eigenvalue weighted by atomic mass is 10.0. The molecule has 3 nitrogen and oxygen atoms in total. The first-order valence-corrected chi connectivity index (χ1v) is 4.76. The minimum Gasteiger partial charge on any atom is -0.258 e. The van der Waals surface area contributed by atoms with Gasteiger partial charge in [-0.15, -0.1) is 0 Å². The van der Waals surface area contributed by atoms with E-state index in [1.54, 1.807) is 10.9 Å². The molecule has 0 aliphatic rings. The highest BCUT2D eigenvalue weighted by Crippen LogP contribution is 2.21. The van der Waals surface area contributed by atoms with Gasteiger partial charge in [0.25, 0.3) is 0 Å². The third-order valence-electron chi connectivity index (χ3n) is 2.32. The molecule has 15 heavy (non-hydrogen) atoms. The molecule has 2 aromatic rings. The molecule has 0 fully saturated rings. The second kappa shape index (κ2) is 3.97. The van der Waals surface area contributed by atoms with E-state index in [0.29, 0.717) is 6.54 Å². The van der Waals surface area contributed by atoms with Crippen LogP contribution in [-0.4, -0.2) is 9.78 Å². The molecule has 1 aromatic heterocycles. The van der Waals surface area contributed by atoms with Crippen molar-refractivity contribution in [1.82, 2.24) is 9.78 Å². The highest BCUT2D eigenvalue weighted by molar-refractivity contribution is 5.65. The molecule has 0 saturated carbocycles. The van der Waals surface area contributed by atoms with E-state index in [2.05, 4.69) is 30.2 Å². The summed E-state index contributed by atoms with van der Waals surface area (Å²) in [6.07, 6.45) is 3.69. The Morgan fingerprint density at radius 3 is 2.93 bits per heavy atom. The maximum atomic E-state index is 8.54. The number of nitrogens with zero attached hydrogens (tertiary/aromatic N) is 3. The molecule has 1 heterocycles. The maximum absolute atomic E-state index is 8.54. The zero-order valence-corrected chi connectivity index (χ0v) is 8.51. The van der Waals surface area contributed by atoms with Crippen LogP contribution in [0.15, 0.2) is 36.7 Å². The standard InChI is InChI=1S/C12H11N3/c1-10-4-2-3-5-12(10)11-8-14-15(9-11)7-6-13/h2-5,8-9H,7H2,1H3. The highest BCUT2D eigenvalue weighted by Gasteiger charge is 2.03. The molecular weight excluding hydrogens is 186 g/mol. The highest BCUT2D eigenvalue weighted by atomic mass is 15.3. The van der Waals surface area contributed by atoms with Gasteiger partial charge in [-0.3, -0.25) is 4.68 Å². The van der Waals surface area contributed by atoms with Gasteiger partial charge in [0.2, 0.25) is 0 Å².